The summed E-state index contributed by atoms with van der Waals surface area (Å²) in [7, 11) is 0. The number of aliphatic hydroxyl groups excluding tert-OH is 1. The SMILES string of the molecule is CCC[C@@H]1CCC[C@H]1O. The van der Waals surface area contributed by atoms with E-state index in [0.717, 1.165) is 6.42 Å². The summed E-state index contributed by atoms with van der Waals surface area (Å²) < 4.78 is 0. The normalized spacial score (nSPS) is 35.3. The molecule has 0 saturated heterocycles. The van der Waals surface area contributed by atoms with Gasteiger partial charge in [0.05, 0.1) is 6.10 Å². The minimum Gasteiger partial charge on any atom is -0.393 e. The van der Waals surface area contributed by atoms with Crippen molar-refractivity contribution in [1.29, 1.82) is 0 Å². The molecule has 0 aliphatic heterocycles. The number of rotatable bonds is 2. The van der Waals surface area contributed by atoms with Gasteiger partial charge in [0, 0.05) is 0 Å². The Morgan fingerprint density at radius 1 is 1.44 bits per heavy atom. The topological polar surface area (TPSA) is 20.2 Å². The zero-order valence-electron chi connectivity index (χ0n) is 6.14. The van der Waals surface area contributed by atoms with Gasteiger partial charge >= 0.3 is 0 Å². The van der Waals surface area contributed by atoms with E-state index < -0.39 is 0 Å². The maximum Gasteiger partial charge on any atom is 0.0568 e. The Balaban J connectivity index is 2.22. The minimum atomic E-state index is 0.0324. The molecule has 1 saturated carbocycles. The maximum absolute atomic E-state index is 9.32. The summed E-state index contributed by atoms with van der Waals surface area (Å²) in [6.07, 6.45) is 6.03. The molecule has 1 aliphatic rings. The number of hydrogen-bond donors (Lipinski definition) is 1. The highest BCUT2D eigenvalue weighted by atomic mass is 16.3. The van der Waals surface area contributed by atoms with Crippen LogP contribution in [0, 0.1) is 5.92 Å². The van der Waals surface area contributed by atoms with Crippen LogP contribution < -0.4 is 0 Å². The standard InChI is InChI=1S/C8H16O/c1-2-4-7-5-3-6-8(7)9/h7-9H,2-6H2,1H3/t7-,8-/m1/s1. The molecule has 1 aliphatic carbocycles. The van der Waals surface area contributed by atoms with Gasteiger partial charge in [-0.15, -0.1) is 0 Å². The van der Waals surface area contributed by atoms with Crippen molar-refractivity contribution in [3.8, 4) is 0 Å². The fraction of sp³-hybridized carbons (Fsp3) is 1.00. The van der Waals surface area contributed by atoms with Crippen LogP contribution in [0.3, 0.4) is 0 Å². The van der Waals surface area contributed by atoms with E-state index in [-0.39, 0.29) is 6.10 Å². The average molecular weight is 128 g/mol. The van der Waals surface area contributed by atoms with Gasteiger partial charge in [-0.3, -0.25) is 0 Å². The van der Waals surface area contributed by atoms with E-state index in [1.54, 1.807) is 0 Å². The molecule has 0 aromatic heterocycles. The first kappa shape index (κ1) is 7.07. The third-order valence-corrected chi connectivity index (χ3v) is 2.28. The molecule has 9 heavy (non-hydrogen) atoms. The lowest BCUT2D eigenvalue weighted by molar-refractivity contribution is 0.127. The Morgan fingerprint density at radius 3 is 2.67 bits per heavy atom. The second-order valence-corrected chi connectivity index (χ2v) is 3.05. The lowest BCUT2D eigenvalue weighted by Gasteiger charge is -2.11. The molecule has 0 bridgehead atoms. The van der Waals surface area contributed by atoms with Crippen LogP contribution in [0.5, 0.6) is 0 Å². The molecule has 54 valence electrons. The summed E-state index contributed by atoms with van der Waals surface area (Å²) in [4.78, 5) is 0. The zero-order valence-corrected chi connectivity index (χ0v) is 6.14. The molecule has 1 rings (SSSR count). The monoisotopic (exact) mass is 128 g/mol. The summed E-state index contributed by atoms with van der Waals surface area (Å²) in [6.45, 7) is 2.19. The highest BCUT2D eigenvalue weighted by molar-refractivity contribution is 4.75. The predicted molar refractivity (Wildman–Crippen MR) is 38.3 cm³/mol. The van der Waals surface area contributed by atoms with Gasteiger partial charge in [-0.1, -0.05) is 19.8 Å². The summed E-state index contributed by atoms with van der Waals surface area (Å²) in [6, 6.07) is 0. The predicted octanol–water partition coefficient (Wildman–Crippen LogP) is 1.95. The third kappa shape index (κ3) is 1.68. The van der Waals surface area contributed by atoms with Crippen molar-refractivity contribution in [3.63, 3.8) is 0 Å². The fourth-order valence-corrected chi connectivity index (χ4v) is 1.72. The average Bonchev–Trinajstić information content (AvgIpc) is 2.18. The second-order valence-electron chi connectivity index (χ2n) is 3.05. The van der Waals surface area contributed by atoms with Crippen LogP contribution >= 0.6 is 0 Å². The third-order valence-electron chi connectivity index (χ3n) is 2.28. The Labute approximate surface area is 57.1 Å². The van der Waals surface area contributed by atoms with Crippen LogP contribution in [0.25, 0.3) is 0 Å². The van der Waals surface area contributed by atoms with E-state index in [4.69, 9.17) is 0 Å². The lowest BCUT2D eigenvalue weighted by atomic mass is 10.0. The van der Waals surface area contributed by atoms with E-state index in [2.05, 4.69) is 6.92 Å². The minimum absolute atomic E-state index is 0.0324. The summed E-state index contributed by atoms with van der Waals surface area (Å²) in [5, 5.41) is 9.32. The molecule has 0 amide bonds. The van der Waals surface area contributed by atoms with E-state index >= 15 is 0 Å². The molecular weight excluding hydrogens is 112 g/mol. The molecule has 0 unspecified atom stereocenters. The van der Waals surface area contributed by atoms with Gasteiger partial charge in [0.1, 0.15) is 0 Å². The molecule has 1 nitrogen and oxygen atoms in total. The summed E-state index contributed by atoms with van der Waals surface area (Å²) in [5.41, 5.74) is 0. The largest absolute Gasteiger partial charge is 0.393 e. The first-order chi connectivity index (χ1) is 4.34. The molecule has 0 radical (unpaired) electrons. The van der Waals surface area contributed by atoms with Gasteiger partial charge < -0.3 is 5.11 Å². The van der Waals surface area contributed by atoms with E-state index in [0.29, 0.717) is 5.92 Å². The van der Waals surface area contributed by atoms with Crippen molar-refractivity contribution in [3.05, 3.63) is 0 Å². The number of aliphatic hydroxyl groups is 1. The van der Waals surface area contributed by atoms with Crippen molar-refractivity contribution < 1.29 is 5.11 Å². The second kappa shape index (κ2) is 3.21. The Bertz CT molecular complexity index is 80.6. The first-order valence-electron chi connectivity index (χ1n) is 4.02. The lowest BCUT2D eigenvalue weighted by Crippen LogP contribution is -2.11. The maximum atomic E-state index is 9.32. The van der Waals surface area contributed by atoms with Crippen LogP contribution in [0.1, 0.15) is 39.0 Å². The van der Waals surface area contributed by atoms with Crippen LogP contribution in [0.4, 0.5) is 0 Å². The van der Waals surface area contributed by atoms with Crippen LogP contribution in [-0.4, -0.2) is 11.2 Å². The fourth-order valence-electron chi connectivity index (χ4n) is 1.72. The van der Waals surface area contributed by atoms with Gasteiger partial charge in [0.15, 0.2) is 0 Å². The number of hydrogen-bond acceptors (Lipinski definition) is 1. The van der Waals surface area contributed by atoms with Gasteiger partial charge in [0.2, 0.25) is 0 Å². The summed E-state index contributed by atoms with van der Waals surface area (Å²) >= 11 is 0. The highest BCUT2D eigenvalue weighted by Crippen LogP contribution is 2.28. The van der Waals surface area contributed by atoms with E-state index in [1.165, 1.54) is 25.7 Å². The zero-order chi connectivity index (χ0) is 6.69. The molecule has 1 heteroatoms. The summed E-state index contributed by atoms with van der Waals surface area (Å²) in [5.74, 6) is 0.634. The van der Waals surface area contributed by atoms with Gasteiger partial charge in [-0.2, -0.15) is 0 Å². The molecule has 0 spiro atoms. The highest BCUT2D eigenvalue weighted by Gasteiger charge is 2.23. The van der Waals surface area contributed by atoms with Gasteiger partial charge in [-0.25, -0.2) is 0 Å². The van der Waals surface area contributed by atoms with Crippen LogP contribution in [0.2, 0.25) is 0 Å². The van der Waals surface area contributed by atoms with Crippen molar-refractivity contribution in [2.45, 2.75) is 45.1 Å². The quantitative estimate of drug-likeness (QED) is 0.602. The Kier molecular flexibility index (Phi) is 2.52. The van der Waals surface area contributed by atoms with Crippen LogP contribution in [-0.2, 0) is 0 Å². The molecule has 0 aromatic carbocycles. The molecule has 0 heterocycles. The Morgan fingerprint density at radius 2 is 2.22 bits per heavy atom. The van der Waals surface area contributed by atoms with E-state index in [1.807, 2.05) is 0 Å². The molecule has 0 aromatic rings. The van der Waals surface area contributed by atoms with Crippen molar-refractivity contribution in [2.24, 2.45) is 5.92 Å². The first-order valence-corrected chi connectivity index (χ1v) is 4.02. The van der Waals surface area contributed by atoms with Gasteiger partial charge in [-0.05, 0) is 25.2 Å². The molecule has 1 N–H and O–H groups in total. The molecule has 2 atom stereocenters. The van der Waals surface area contributed by atoms with Crippen molar-refractivity contribution in [1.82, 2.24) is 0 Å². The van der Waals surface area contributed by atoms with E-state index in [9.17, 15) is 5.11 Å². The van der Waals surface area contributed by atoms with Crippen LogP contribution in [0.15, 0.2) is 0 Å². The Hall–Kier alpha value is -0.0400. The van der Waals surface area contributed by atoms with Crippen molar-refractivity contribution >= 4 is 0 Å². The molecular formula is C8H16O. The van der Waals surface area contributed by atoms with Crippen molar-refractivity contribution in [2.75, 3.05) is 0 Å². The van der Waals surface area contributed by atoms with Gasteiger partial charge in [0.25, 0.3) is 0 Å². The smallest absolute Gasteiger partial charge is 0.0568 e. The molecule has 1 fully saturated rings.